The zero-order valence-corrected chi connectivity index (χ0v) is 19.2. The molecule has 2 rings (SSSR count). The van der Waals surface area contributed by atoms with Crippen molar-refractivity contribution < 1.29 is 14.2 Å². The highest BCUT2D eigenvalue weighted by Gasteiger charge is 2.07. The number of methoxy groups -OCH3 is 2. The summed E-state index contributed by atoms with van der Waals surface area (Å²) in [6.45, 7) is 3.93. The molecule has 154 valence electrons. The minimum atomic E-state index is -0.0271. The highest BCUT2D eigenvalue weighted by atomic mass is 127. The maximum absolute atomic E-state index is 5.92. The highest BCUT2D eigenvalue weighted by Crippen LogP contribution is 2.19. The lowest BCUT2D eigenvalue weighted by molar-refractivity contribution is 0.185. The quantitative estimate of drug-likeness (QED) is 0.314. The number of halogens is 1. The standard InChI is InChI=1S/C21H29N3O3.HI/c1-16(27-20-10-6-9-19(12-20)26-4)13-23-21(22-2)24-14-17-7-5-8-18(11-17)15-25-3;/h5-12,16H,13-15H2,1-4H3,(H2,22,23,24);1H. The average molecular weight is 499 g/mol. The Labute approximate surface area is 184 Å². The molecule has 7 heteroatoms. The van der Waals surface area contributed by atoms with E-state index in [1.54, 1.807) is 21.3 Å². The van der Waals surface area contributed by atoms with E-state index in [0.29, 0.717) is 19.7 Å². The van der Waals surface area contributed by atoms with E-state index in [-0.39, 0.29) is 30.1 Å². The monoisotopic (exact) mass is 499 g/mol. The number of ether oxygens (including phenoxy) is 3. The number of aliphatic imine (C=N–C) groups is 1. The molecule has 0 radical (unpaired) electrons. The third kappa shape index (κ3) is 8.35. The second kappa shape index (κ2) is 13.2. The van der Waals surface area contributed by atoms with Crippen LogP contribution in [-0.2, 0) is 17.9 Å². The molecule has 0 spiro atoms. The van der Waals surface area contributed by atoms with E-state index in [1.165, 1.54) is 5.56 Å². The van der Waals surface area contributed by atoms with Crippen molar-refractivity contribution in [2.75, 3.05) is 27.8 Å². The zero-order chi connectivity index (χ0) is 19.5. The number of hydrogen-bond acceptors (Lipinski definition) is 4. The van der Waals surface area contributed by atoms with Crippen LogP contribution in [0.4, 0.5) is 0 Å². The summed E-state index contributed by atoms with van der Waals surface area (Å²) < 4.78 is 16.3. The summed E-state index contributed by atoms with van der Waals surface area (Å²) in [4.78, 5) is 4.26. The fourth-order valence-electron chi connectivity index (χ4n) is 2.59. The molecular formula is C21H30IN3O3. The van der Waals surface area contributed by atoms with Crippen molar-refractivity contribution in [3.63, 3.8) is 0 Å². The smallest absolute Gasteiger partial charge is 0.191 e. The molecule has 28 heavy (non-hydrogen) atoms. The minimum Gasteiger partial charge on any atom is -0.497 e. The summed E-state index contributed by atoms with van der Waals surface area (Å²) in [6.07, 6.45) is -0.0271. The van der Waals surface area contributed by atoms with E-state index in [9.17, 15) is 0 Å². The van der Waals surface area contributed by atoms with Crippen molar-refractivity contribution in [3.8, 4) is 11.5 Å². The molecule has 0 heterocycles. The van der Waals surface area contributed by atoms with Gasteiger partial charge in [-0.2, -0.15) is 0 Å². The second-order valence-corrected chi connectivity index (χ2v) is 6.17. The number of nitrogens with zero attached hydrogens (tertiary/aromatic N) is 1. The van der Waals surface area contributed by atoms with E-state index in [4.69, 9.17) is 14.2 Å². The Bertz CT molecular complexity index is 740. The number of guanidine groups is 1. The van der Waals surface area contributed by atoms with Gasteiger partial charge in [-0.15, -0.1) is 24.0 Å². The molecule has 1 unspecified atom stereocenters. The third-order valence-corrected chi connectivity index (χ3v) is 3.92. The summed E-state index contributed by atoms with van der Waals surface area (Å²) in [5.41, 5.74) is 2.33. The summed E-state index contributed by atoms with van der Waals surface area (Å²) in [7, 11) is 5.10. The first-order chi connectivity index (χ1) is 13.1. The molecule has 0 aliphatic heterocycles. The molecule has 0 aliphatic rings. The van der Waals surface area contributed by atoms with Crippen LogP contribution < -0.4 is 20.1 Å². The zero-order valence-electron chi connectivity index (χ0n) is 16.9. The third-order valence-electron chi connectivity index (χ3n) is 3.92. The first-order valence-electron chi connectivity index (χ1n) is 8.96. The highest BCUT2D eigenvalue weighted by molar-refractivity contribution is 14.0. The molecule has 1 atom stereocenters. The van der Waals surface area contributed by atoms with E-state index in [0.717, 1.165) is 23.0 Å². The van der Waals surface area contributed by atoms with E-state index < -0.39 is 0 Å². The Morgan fingerprint density at radius 3 is 2.43 bits per heavy atom. The van der Waals surface area contributed by atoms with Gasteiger partial charge in [0.05, 0.1) is 20.3 Å². The molecule has 2 aromatic rings. The predicted octanol–water partition coefficient (Wildman–Crippen LogP) is 3.59. The van der Waals surface area contributed by atoms with Crippen LogP contribution in [0, 0.1) is 0 Å². The molecule has 0 saturated carbocycles. The van der Waals surface area contributed by atoms with Crippen molar-refractivity contribution in [1.82, 2.24) is 10.6 Å². The number of benzene rings is 2. The number of hydrogen-bond donors (Lipinski definition) is 2. The van der Waals surface area contributed by atoms with Crippen LogP contribution >= 0.6 is 24.0 Å². The van der Waals surface area contributed by atoms with Gasteiger partial charge in [0.2, 0.25) is 0 Å². The van der Waals surface area contributed by atoms with Crippen LogP contribution in [0.5, 0.6) is 11.5 Å². The molecule has 0 amide bonds. The molecule has 6 nitrogen and oxygen atoms in total. The maximum atomic E-state index is 5.92. The lowest BCUT2D eigenvalue weighted by Crippen LogP contribution is -2.41. The maximum Gasteiger partial charge on any atom is 0.191 e. The van der Waals surface area contributed by atoms with Crippen molar-refractivity contribution in [3.05, 3.63) is 59.7 Å². The van der Waals surface area contributed by atoms with Gasteiger partial charge < -0.3 is 24.8 Å². The molecular weight excluding hydrogens is 469 g/mol. The Kier molecular flexibility index (Phi) is 11.4. The van der Waals surface area contributed by atoms with Crippen LogP contribution in [0.15, 0.2) is 53.5 Å². The topological polar surface area (TPSA) is 64.1 Å². The van der Waals surface area contributed by atoms with Gasteiger partial charge in [-0.1, -0.05) is 30.3 Å². The molecule has 0 bridgehead atoms. The lowest BCUT2D eigenvalue weighted by atomic mass is 10.1. The van der Waals surface area contributed by atoms with E-state index >= 15 is 0 Å². The fraction of sp³-hybridized carbons (Fsp3) is 0.381. The van der Waals surface area contributed by atoms with Crippen LogP contribution in [0.2, 0.25) is 0 Å². The van der Waals surface area contributed by atoms with Gasteiger partial charge in [-0.05, 0) is 30.2 Å². The Balaban J connectivity index is 0.00000392. The molecule has 0 aliphatic carbocycles. The van der Waals surface area contributed by atoms with Gasteiger partial charge in [0, 0.05) is 26.8 Å². The van der Waals surface area contributed by atoms with Crippen LogP contribution in [0.3, 0.4) is 0 Å². The van der Waals surface area contributed by atoms with Crippen molar-refractivity contribution in [2.45, 2.75) is 26.2 Å². The predicted molar refractivity (Wildman–Crippen MR) is 124 cm³/mol. The number of nitrogens with one attached hydrogen (secondary N) is 2. The van der Waals surface area contributed by atoms with Gasteiger partial charge in [-0.25, -0.2) is 0 Å². The molecule has 0 aromatic heterocycles. The van der Waals surface area contributed by atoms with Gasteiger partial charge in [0.15, 0.2) is 5.96 Å². The first kappa shape index (κ1) is 24.0. The summed E-state index contributed by atoms with van der Waals surface area (Å²) in [5.74, 6) is 2.29. The average Bonchev–Trinajstić information content (AvgIpc) is 2.69. The Hall–Kier alpha value is -2.00. The van der Waals surface area contributed by atoms with Crippen LogP contribution in [-0.4, -0.2) is 39.9 Å². The van der Waals surface area contributed by atoms with Gasteiger partial charge >= 0.3 is 0 Å². The van der Waals surface area contributed by atoms with Crippen LogP contribution in [0.25, 0.3) is 0 Å². The normalized spacial score (nSPS) is 11.9. The SMILES string of the molecule is CN=C(NCc1cccc(COC)c1)NCC(C)Oc1cccc(OC)c1.I. The first-order valence-corrected chi connectivity index (χ1v) is 8.96. The molecule has 2 N–H and O–H groups in total. The fourth-order valence-corrected chi connectivity index (χ4v) is 2.59. The summed E-state index contributed by atoms with van der Waals surface area (Å²) in [5, 5.41) is 6.60. The Morgan fingerprint density at radius 2 is 1.71 bits per heavy atom. The van der Waals surface area contributed by atoms with E-state index in [2.05, 4.69) is 33.8 Å². The minimum absolute atomic E-state index is 0. The summed E-state index contributed by atoms with van der Waals surface area (Å²) in [6, 6.07) is 15.9. The van der Waals surface area contributed by atoms with Crippen molar-refractivity contribution in [2.24, 2.45) is 4.99 Å². The van der Waals surface area contributed by atoms with Gasteiger partial charge in [0.25, 0.3) is 0 Å². The lowest BCUT2D eigenvalue weighted by Gasteiger charge is -2.18. The molecule has 2 aromatic carbocycles. The van der Waals surface area contributed by atoms with Gasteiger partial charge in [-0.3, -0.25) is 4.99 Å². The number of rotatable bonds is 9. The van der Waals surface area contributed by atoms with E-state index in [1.807, 2.05) is 37.3 Å². The van der Waals surface area contributed by atoms with Gasteiger partial charge in [0.1, 0.15) is 17.6 Å². The van der Waals surface area contributed by atoms with Crippen LogP contribution in [0.1, 0.15) is 18.1 Å². The van der Waals surface area contributed by atoms with Crippen molar-refractivity contribution in [1.29, 1.82) is 0 Å². The second-order valence-electron chi connectivity index (χ2n) is 6.17. The molecule has 0 saturated heterocycles. The van der Waals surface area contributed by atoms with Crippen molar-refractivity contribution >= 4 is 29.9 Å². The summed E-state index contributed by atoms with van der Waals surface area (Å²) >= 11 is 0. The largest absolute Gasteiger partial charge is 0.497 e. The molecule has 0 fully saturated rings. The Morgan fingerprint density at radius 1 is 1.00 bits per heavy atom.